The first-order valence-electron chi connectivity index (χ1n) is 5.34. The summed E-state index contributed by atoms with van der Waals surface area (Å²) in [5.41, 5.74) is 2.56. The molecule has 1 rings (SSSR count). The number of methoxy groups -OCH3 is 1. The van der Waals surface area contributed by atoms with Crippen LogP contribution in [0.3, 0.4) is 0 Å². The minimum atomic E-state index is -0.438. The van der Waals surface area contributed by atoms with Crippen LogP contribution in [0.1, 0.15) is 34.8 Å². The summed E-state index contributed by atoms with van der Waals surface area (Å²) in [5.74, 6) is 0.795. The third-order valence-corrected chi connectivity index (χ3v) is 3.16. The van der Waals surface area contributed by atoms with E-state index < -0.39 is 5.38 Å². The Bertz CT molecular complexity index is 399. The van der Waals surface area contributed by atoms with E-state index in [1.165, 1.54) is 0 Å². The highest BCUT2D eigenvalue weighted by atomic mass is 35.5. The van der Waals surface area contributed by atoms with Gasteiger partial charge in [0.15, 0.2) is 5.78 Å². The van der Waals surface area contributed by atoms with Crippen LogP contribution in [0.4, 0.5) is 0 Å². The van der Waals surface area contributed by atoms with Crippen molar-refractivity contribution in [2.45, 2.75) is 32.6 Å². The van der Waals surface area contributed by atoms with Gasteiger partial charge in [-0.2, -0.15) is 0 Å². The number of carbonyl (C=O) groups is 1. The van der Waals surface area contributed by atoms with Gasteiger partial charge in [-0.25, -0.2) is 0 Å². The third-order valence-electron chi connectivity index (χ3n) is 2.65. The second-order valence-corrected chi connectivity index (χ2v) is 4.40. The predicted molar refractivity (Wildman–Crippen MR) is 66.7 cm³/mol. The zero-order valence-electron chi connectivity index (χ0n) is 10.1. The maximum Gasteiger partial charge on any atom is 0.180 e. The lowest BCUT2D eigenvalue weighted by Crippen LogP contribution is -2.15. The number of benzene rings is 1. The van der Waals surface area contributed by atoms with Crippen LogP contribution in [0.5, 0.6) is 5.75 Å². The van der Waals surface area contributed by atoms with E-state index in [1.54, 1.807) is 7.11 Å². The summed E-state index contributed by atoms with van der Waals surface area (Å²) in [7, 11) is 1.62. The van der Waals surface area contributed by atoms with Crippen molar-refractivity contribution in [3.05, 3.63) is 28.8 Å². The highest BCUT2D eigenvalue weighted by Crippen LogP contribution is 2.24. The molecule has 0 bridgehead atoms. The summed E-state index contributed by atoms with van der Waals surface area (Å²) in [5, 5.41) is -0.438. The van der Waals surface area contributed by atoms with E-state index in [0.717, 1.165) is 16.9 Å². The van der Waals surface area contributed by atoms with E-state index in [9.17, 15) is 4.79 Å². The number of ketones is 1. The molecule has 0 radical (unpaired) electrons. The van der Waals surface area contributed by atoms with Crippen molar-refractivity contribution in [2.75, 3.05) is 7.11 Å². The molecule has 1 atom stereocenters. The number of alkyl halides is 1. The summed E-state index contributed by atoms with van der Waals surface area (Å²) >= 11 is 5.97. The molecule has 0 saturated carbocycles. The predicted octanol–water partition coefficient (Wildman–Crippen LogP) is 3.51. The molecule has 88 valence electrons. The van der Waals surface area contributed by atoms with Crippen molar-refractivity contribution in [3.63, 3.8) is 0 Å². The molecular weight excluding hydrogens is 224 g/mol. The van der Waals surface area contributed by atoms with Gasteiger partial charge in [-0.3, -0.25) is 4.79 Å². The largest absolute Gasteiger partial charge is 0.496 e. The monoisotopic (exact) mass is 240 g/mol. The van der Waals surface area contributed by atoms with Crippen LogP contribution in [-0.2, 0) is 0 Å². The Kier molecular flexibility index (Phi) is 4.36. The molecule has 0 saturated heterocycles. The van der Waals surface area contributed by atoms with Crippen molar-refractivity contribution < 1.29 is 9.53 Å². The SMILES string of the molecule is CCC(Cl)C(=O)c1cc(C)c(OC)cc1C. The molecule has 0 amide bonds. The van der Waals surface area contributed by atoms with Crippen molar-refractivity contribution in [3.8, 4) is 5.75 Å². The van der Waals surface area contributed by atoms with Crippen LogP contribution in [0, 0.1) is 13.8 Å². The zero-order valence-corrected chi connectivity index (χ0v) is 10.9. The zero-order chi connectivity index (χ0) is 12.3. The van der Waals surface area contributed by atoms with Crippen molar-refractivity contribution in [2.24, 2.45) is 0 Å². The molecule has 0 N–H and O–H groups in total. The van der Waals surface area contributed by atoms with Crippen LogP contribution in [0.15, 0.2) is 12.1 Å². The number of hydrogen-bond acceptors (Lipinski definition) is 2. The van der Waals surface area contributed by atoms with Crippen molar-refractivity contribution >= 4 is 17.4 Å². The summed E-state index contributed by atoms with van der Waals surface area (Å²) in [4.78, 5) is 12.0. The Morgan fingerprint density at radius 2 is 2.00 bits per heavy atom. The standard InChI is InChI=1S/C13H17ClO2/c1-5-11(14)13(15)10-6-9(3)12(16-4)7-8(10)2/h6-7,11H,5H2,1-4H3. The van der Waals surface area contributed by atoms with E-state index in [-0.39, 0.29) is 5.78 Å². The van der Waals surface area contributed by atoms with Crippen LogP contribution in [0.25, 0.3) is 0 Å². The van der Waals surface area contributed by atoms with Gasteiger partial charge in [0.05, 0.1) is 12.5 Å². The smallest absolute Gasteiger partial charge is 0.180 e. The number of carbonyl (C=O) groups excluding carboxylic acids is 1. The second kappa shape index (κ2) is 5.35. The number of hydrogen-bond donors (Lipinski definition) is 0. The quantitative estimate of drug-likeness (QED) is 0.595. The molecule has 0 aromatic heterocycles. The van der Waals surface area contributed by atoms with Gasteiger partial charge < -0.3 is 4.74 Å². The van der Waals surface area contributed by atoms with Crippen LogP contribution in [-0.4, -0.2) is 18.3 Å². The highest BCUT2D eigenvalue weighted by molar-refractivity contribution is 6.34. The van der Waals surface area contributed by atoms with E-state index in [2.05, 4.69) is 0 Å². The molecule has 0 heterocycles. The average molecular weight is 241 g/mol. The molecule has 0 fully saturated rings. The number of Topliss-reactive ketones (excluding diaryl/α,β-unsaturated/α-hetero) is 1. The summed E-state index contributed by atoms with van der Waals surface area (Å²) in [6, 6.07) is 3.73. The highest BCUT2D eigenvalue weighted by Gasteiger charge is 2.18. The van der Waals surface area contributed by atoms with Gasteiger partial charge in [-0.15, -0.1) is 11.6 Å². The van der Waals surface area contributed by atoms with Gasteiger partial charge in [0.2, 0.25) is 0 Å². The fourth-order valence-corrected chi connectivity index (χ4v) is 1.75. The lowest BCUT2D eigenvalue weighted by molar-refractivity contribution is 0.0985. The summed E-state index contributed by atoms with van der Waals surface area (Å²) in [6.45, 7) is 5.72. The molecule has 0 aliphatic rings. The molecule has 2 nitrogen and oxygen atoms in total. The van der Waals surface area contributed by atoms with Gasteiger partial charge in [0.25, 0.3) is 0 Å². The van der Waals surface area contributed by atoms with Gasteiger partial charge in [-0.1, -0.05) is 6.92 Å². The topological polar surface area (TPSA) is 26.3 Å². The summed E-state index contributed by atoms with van der Waals surface area (Å²) < 4.78 is 5.20. The van der Waals surface area contributed by atoms with E-state index >= 15 is 0 Å². The van der Waals surface area contributed by atoms with Crippen LogP contribution in [0.2, 0.25) is 0 Å². The van der Waals surface area contributed by atoms with E-state index in [0.29, 0.717) is 12.0 Å². The number of halogens is 1. The van der Waals surface area contributed by atoms with Gasteiger partial charge in [0.1, 0.15) is 5.75 Å². The fraction of sp³-hybridized carbons (Fsp3) is 0.462. The van der Waals surface area contributed by atoms with Gasteiger partial charge >= 0.3 is 0 Å². The Balaban J connectivity index is 3.16. The lowest BCUT2D eigenvalue weighted by Gasteiger charge is -2.12. The van der Waals surface area contributed by atoms with Crippen LogP contribution >= 0.6 is 11.6 Å². The Morgan fingerprint density at radius 1 is 1.38 bits per heavy atom. The third kappa shape index (κ3) is 2.56. The Labute approximate surface area is 102 Å². The molecule has 1 aromatic carbocycles. The molecule has 1 aromatic rings. The number of aryl methyl sites for hydroxylation is 2. The lowest BCUT2D eigenvalue weighted by atomic mass is 9.98. The molecule has 1 unspecified atom stereocenters. The Morgan fingerprint density at radius 3 is 2.50 bits per heavy atom. The van der Waals surface area contributed by atoms with Crippen molar-refractivity contribution in [1.29, 1.82) is 0 Å². The molecule has 0 aliphatic heterocycles. The average Bonchev–Trinajstić information content (AvgIpc) is 2.29. The van der Waals surface area contributed by atoms with Gasteiger partial charge in [0, 0.05) is 5.56 Å². The normalized spacial score (nSPS) is 12.3. The molecule has 16 heavy (non-hydrogen) atoms. The minimum Gasteiger partial charge on any atom is -0.496 e. The maximum absolute atomic E-state index is 12.0. The number of ether oxygens (including phenoxy) is 1. The maximum atomic E-state index is 12.0. The molecule has 3 heteroatoms. The number of rotatable bonds is 4. The second-order valence-electron chi connectivity index (χ2n) is 3.88. The first-order chi connectivity index (χ1) is 7.51. The minimum absolute atomic E-state index is 0.00702. The first-order valence-corrected chi connectivity index (χ1v) is 5.78. The summed E-state index contributed by atoms with van der Waals surface area (Å²) in [6.07, 6.45) is 0.644. The Hall–Kier alpha value is -1.02. The molecular formula is C13H17ClO2. The molecule has 0 aliphatic carbocycles. The van der Waals surface area contributed by atoms with E-state index in [1.807, 2.05) is 32.9 Å². The van der Waals surface area contributed by atoms with Crippen LogP contribution < -0.4 is 4.74 Å². The van der Waals surface area contributed by atoms with E-state index in [4.69, 9.17) is 16.3 Å². The molecule has 0 spiro atoms. The van der Waals surface area contributed by atoms with Crippen molar-refractivity contribution in [1.82, 2.24) is 0 Å². The van der Waals surface area contributed by atoms with Gasteiger partial charge in [-0.05, 0) is 43.5 Å². The first kappa shape index (κ1) is 13.0. The fourth-order valence-electron chi connectivity index (χ4n) is 1.63.